The molecule has 2 N–H and O–H groups in total. The Morgan fingerprint density at radius 1 is 1.50 bits per heavy atom. The summed E-state index contributed by atoms with van der Waals surface area (Å²) in [5.41, 5.74) is 0.826. The maximum Gasteiger partial charge on any atom is 0.304 e. The maximum absolute atomic E-state index is 10.7. The van der Waals surface area contributed by atoms with Crippen molar-refractivity contribution in [1.82, 2.24) is 0 Å². The summed E-state index contributed by atoms with van der Waals surface area (Å²) in [4.78, 5) is 10.7. The van der Waals surface area contributed by atoms with E-state index < -0.39 is 5.97 Å². The fourth-order valence-corrected chi connectivity index (χ4v) is 1.54. The molecule has 0 saturated carbocycles. The normalized spacial score (nSPS) is 12.8. The van der Waals surface area contributed by atoms with Gasteiger partial charge in [-0.15, -0.1) is 0 Å². The van der Waals surface area contributed by atoms with Crippen LogP contribution in [0.3, 0.4) is 0 Å². The minimum Gasteiger partial charge on any atom is -0.508 e. The molecule has 0 aromatic heterocycles. The fraction of sp³-hybridized carbons (Fsp3) is 0.308. The third-order valence-corrected chi connectivity index (χ3v) is 2.30. The Labute approximate surface area is 95.0 Å². The topological polar surface area (TPSA) is 57.5 Å². The SMILES string of the molecule is CCC=C[C@H](CC(=O)O)c1cccc(O)c1. The number of carboxylic acids is 1. The first-order chi connectivity index (χ1) is 7.63. The van der Waals surface area contributed by atoms with Crippen LogP contribution in [0.25, 0.3) is 0 Å². The number of phenolic OH excluding ortho intramolecular Hbond substituents is 1. The number of allylic oxidation sites excluding steroid dienone is 2. The molecule has 0 fully saturated rings. The Hall–Kier alpha value is -1.77. The molecule has 0 heterocycles. The maximum atomic E-state index is 10.7. The molecule has 16 heavy (non-hydrogen) atoms. The summed E-state index contributed by atoms with van der Waals surface area (Å²) in [5, 5.41) is 18.2. The van der Waals surface area contributed by atoms with Crippen molar-refractivity contribution in [3.63, 3.8) is 0 Å². The molecule has 3 heteroatoms. The first-order valence-corrected chi connectivity index (χ1v) is 5.31. The molecule has 0 saturated heterocycles. The van der Waals surface area contributed by atoms with Crippen LogP contribution in [0.1, 0.15) is 31.2 Å². The predicted octanol–water partition coefficient (Wildman–Crippen LogP) is 2.92. The Morgan fingerprint density at radius 2 is 2.25 bits per heavy atom. The predicted molar refractivity (Wildman–Crippen MR) is 62.5 cm³/mol. The molecule has 1 aromatic rings. The van der Waals surface area contributed by atoms with Gasteiger partial charge in [0.05, 0.1) is 6.42 Å². The van der Waals surface area contributed by atoms with Crippen molar-refractivity contribution in [3.05, 3.63) is 42.0 Å². The number of carboxylic acid groups (broad SMARTS) is 1. The fourth-order valence-electron chi connectivity index (χ4n) is 1.54. The van der Waals surface area contributed by atoms with E-state index in [1.807, 2.05) is 25.1 Å². The highest BCUT2D eigenvalue weighted by atomic mass is 16.4. The van der Waals surface area contributed by atoms with E-state index in [2.05, 4.69) is 0 Å². The largest absolute Gasteiger partial charge is 0.508 e. The van der Waals surface area contributed by atoms with Gasteiger partial charge in [-0.3, -0.25) is 4.79 Å². The van der Waals surface area contributed by atoms with E-state index in [1.54, 1.807) is 18.2 Å². The van der Waals surface area contributed by atoms with Gasteiger partial charge < -0.3 is 10.2 Å². The van der Waals surface area contributed by atoms with Crippen LogP contribution in [0.5, 0.6) is 5.75 Å². The summed E-state index contributed by atoms with van der Waals surface area (Å²) in [6.07, 6.45) is 4.73. The molecule has 0 aliphatic heterocycles. The summed E-state index contributed by atoms with van der Waals surface area (Å²) in [6, 6.07) is 6.73. The monoisotopic (exact) mass is 220 g/mol. The van der Waals surface area contributed by atoms with Crippen LogP contribution in [-0.4, -0.2) is 16.2 Å². The van der Waals surface area contributed by atoms with Gasteiger partial charge in [0.15, 0.2) is 0 Å². The number of phenols is 1. The van der Waals surface area contributed by atoms with E-state index in [0.29, 0.717) is 0 Å². The second-order valence-corrected chi connectivity index (χ2v) is 3.64. The lowest BCUT2D eigenvalue weighted by atomic mass is 9.95. The first kappa shape index (κ1) is 12.3. The van der Waals surface area contributed by atoms with Crippen molar-refractivity contribution in [1.29, 1.82) is 0 Å². The lowest BCUT2D eigenvalue weighted by molar-refractivity contribution is -0.137. The Kier molecular flexibility index (Phi) is 4.58. The van der Waals surface area contributed by atoms with Gasteiger partial charge in [0.25, 0.3) is 0 Å². The number of aromatic hydroxyl groups is 1. The van der Waals surface area contributed by atoms with Crippen LogP contribution in [0, 0.1) is 0 Å². The molecule has 0 spiro atoms. The van der Waals surface area contributed by atoms with Crippen molar-refractivity contribution >= 4 is 5.97 Å². The van der Waals surface area contributed by atoms with E-state index in [0.717, 1.165) is 12.0 Å². The molecule has 3 nitrogen and oxygen atoms in total. The highest BCUT2D eigenvalue weighted by Crippen LogP contribution is 2.24. The van der Waals surface area contributed by atoms with Gasteiger partial charge in [-0.25, -0.2) is 0 Å². The minimum absolute atomic E-state index is 0.0416. The average Bonchev–Trinajstić information content (AvgIpc) is 2.23. The van der Waals surface area contributed by atoms with Crippen molar-refractivity contribution in [2.24, 2.45) is 0 Å². The summed E-state index contributed by atoms with van der Waals surface area (Å²) in [6.45, 7) is 2.00. The number of rotatable bonds is 5. The molecule has 0 radical (unpaired) electrons. The highest BCUT2D eigenvalue weighted by Gasteiger charge is 2.12. The first-order valence-electron chi connectivity index (χ1n) is 5.31. The van der Waals surface area contributed by atoms with Crippen molar-refractivity contribution in [2.45, 2.75) is 25.7 Å². The summed E-state index contributed by atoms with van der Waals surface area (Å²) >= 11 is 0. The average molecular weight is 220 g/mol. The third-order valence-electron chi connectivity index (χ3n) is 2.30. The van der Waals surface area contributed by atoms with Crippen LogP contribution in [0.15, 0.2) is 36.4 Å². The molecule has 0 bridgehead atoms. The molecule has 0 aliphatic rings. The van der Waals surface area contributed by atoms with Crippen LogP contribution < -0.4 is 0 Å². The number of hydrogen-bond donors (Lipinski definition) is 2. The van der Waals surface area contributed by atoms with Crippen molar-refractivity contribution in [3.8, 4) is 5.75 Å². The zero-order valence-electron chi connectivity index (χ0n) is 9.26. The highest BCUT2D eigenvalue weighted by molar-refractivity contribution is 5.68. The molecular weight excluding hydrogens is 204 g/mol. The Bertz CT molecular complexity index is 383. The second-order valence-electron chi connectivity index (χ2n) is 3.64. The standard InChI is InChI=1S/C13H16O3/c1-2-3-5-11(9-13(15)16)10-6-4-7-12(14)8-10/h3-8,11,14H,2,9H2,1H3,(H,15,16)/t11-/m1/s1. The van der Waals surface area contributed by atoms with E-state index in [-0.39, 0.29) is 18.1 Å². The van der Waals surface area contributed by atoms with Crippen molar-refractivity contribution in [2.75, 3.05) is 0 Å². The zero-order valence-corrected chi connectivity index (χ0v) is 9.26. The lowest BCUT2D eigenvalue weighted by Crippen LogP contribution is -2.04. The van der Waals surface area contributed by atoms with E-state index in [9.17, 15) is 9.90 Å². The second kappa shape index (κ2) is 5.95. The lowest BCUT2D eigenvalue weighted by Gasteiger charge is -2.10. The van der Waals surface area contributed by atoms with Crippen LogP contribution in [-0.2, 0) is 4.79 Å². The number of benzene rings is 1. The summed E-state index contributed by atoms with van der Waals surface area (Å²) in [5.74, 6) is -0.851. The molecule has 1 aromatic carbocycles. The molecule has 1 rings (SSSR count). The molecule has 0 amide bonds. The minimum atomic E-state index is -0.839. The molecular formula is C13H16O3. The van der Waals surface area contributed by atoms with Gasteiger partial charge in [0.1, 0.15) is 5.75 Å². The van der Waals surface area contributed by atoms with Gasteiger partial charge in [0, 0.05) is 5.92 Å². The quantitative estimate of drug-likeness (QED) is 0.750. The van der Waals surface area contributed by atoms with Gasteiger partial charge >= 0.3 is 5.97 Å². The van der Waals surface area contributed by atoms with Crippen LogP contribution >= 0.6 is 0 Å². The number of aliphatic carboxylic acids is 1. The molecule has 0 aliphatic carbocycles. The molecule has 86 valence electrons. The van der Waals surface area contributed by atoms with E-state index in [4.69, 9.17) is 5.11 Å². The van der Waals surface area contributed by atoms with E-state index >= 15 is 0 Å². The summed E-state index contributed by atoms with van der Waals surface area (Å²) < 4.78 is 0. The molecule has 1 atom stereocenters. The number of carbonyl (C=O) groups is 1. The number of hydrogen-bond acceptors (Lipinski definition) is 2. The zero-order chi connectivity index (χ0) is 12.0. The van der Waals surface area contributed by atoms with Gasteiger partial charge in [0.2, 0.25) is 0 Å². The smallest absolute Gasteiger partial charge is 0.304 e. The summed E-state index contributed by atoms with van der Waals surface area (Å²) in [7, 11) is 0. The third kappa shape index (κ3) is 3.77. The van der Waals surface area contributed by atoms with Gasteiger partial charge in [-0.05, 0) is 24.1 Å². The van der Waals surface area contributed by atoms with E-state index in [1.165, 1.54) is 0 Å². The van der Waals surface area contributed by atoms with Gasteiger partial charge in [-0.2, -0.15) is 0 Å². The molecule has 0 unspecified atom stereocenters. The van der Waals surface area contributed by atoms with Crippen LogP contribution in [0.4, 0.5) is 0 Å². The Morgan fingerprint density at radius 3 is 2.81 bits per heavy atom. The van der Waals surface area contributed by atoms with Crippen LogP contribution in [0.2, 0.25) is 0 Å². The van der Waals surface area contributed by atoms with Crippen molar-refractivity contribution < 1.29 is 15.0 Å². The Balaban J connectivity index is 2.91. The van der Waals surface area contributed by atoms with Gasteiger partial charge in [-0.1, -0.05) is 31.2 Å².